The third-order valence-electron chi connectivity index (χ3n) is 5.54. The van der Waals surface area contributed by atoms with E-state index in [0.717, 1.165) is 0 Å². The fraction of sp³-hybridized carbons (Fsp3) is 0.455. The molecule has 0 aromatic heterocycles. The summed E-state index contributed by atoms with van der Waals surface area (Å²) in [5, 5.41) is 50.5. The molecule has 0 radical (unpaired) electrons. The first kappa shape index (κ1) is 25.7. The van der Waals surface area contributed by atoms with Crippen molar-refractivity contribution < 1.29 is 48.2 Å². The summed E-state index contributed by atoms with van der Waals surface area (Å²) in [4.78, 5) is 0. The van der Waals surface area contributed by atoms with Crippen LogP contribution in [0.4, 0.5) is 13.2 Å². The summed E-state index contributed by atoms with van der Waals surface area (Å²) < 4.78 is 47.2. The van der Waals surface area contributed by atoms with E-state index in [4.69, 9.17) is 16.3 Å². The Morgan fingerprint density at radius 1 is 0.970 bits per heavy atom. The molecule has 0 saturated carbocycles. The highest BCUT2D eigenvalue weighted by atomic mass is 35.5. The Kier molecular flexibility index (Phi) is 7.90. The molecule has 2 aromatic rings. The van der Waals surface area contributed by atoms with E-state index in [2.05, 4.69) is 4.74 Å². The van der Waals surface area contributed by atoms with Crippen LogP contribution in [0, 0.1) is 0 Å². The molecule has 33 heavy (non-hydrogen) atoms. The van der Waals surface area contributed by atoms with Gasteiger partial charge < -0.3 is 35.0 Å². The van der Waals surface area contributed by atoms with Crippen molar-refractivity contribution in [2.24, 2.45) is 0 Å². The van der Waals surface area contributed by atoms with Gasteiger partial charge >= 0.3 is 6.18 Å². The van der Waals surface area contributed by atoms with Gasteiger partial charge in [0.1, 0.15) is 35.8 Å². The lowest BCUT2D eigenvalue weighted by molar-refractivity contribution is -0.289. The molecule has 2 aromatic carbocycles. The average molecular weight is 493 g/mol. The predicted molar refractivity (Wildman–Crippen MR) is 111 cm³/mol. The molecule has 1 saturated heterocycles. The Hall–Kier alpha value is -1.92. The number of benzene rings is 2. The van der Waals surface area contributed by atoms with Gasteiger partial charge in [-0.25, -0.2) is 0 Å². The van der Waals surface area contributed by atoms with Crippen LogP contribution in [-0.2, 0) is 11.2 Å². The number of alkyl halides is 3. The standard InChI is InChI=1S/C22H24ClF3O7/c23-16-6-3-13(19-17(29)18(30)20(31)21(9-27,10-28)33-19)8-14(16)7-12-1-4-15(5-2-12)32-11-22(24,25)26/h1-6,8,17-20,27-31H,7,9-11H2/t17-,18-,19+,20+/m1/s1. The van der Waals surface area contributed by atoms with E-state index in [1.807, 2.05) is 0 Å². The maximum atomic E-state index is 12.3. The fourth-order valence-corrected chi connectivity index (χ4v) is 3.83. The van der Waals surface area contributed by atoms with E-state index in [0.29, 0.717) is 21.7 Å². The lowest BCUT2D eigenvalue weighted by atomic mass is 9.83. The van der Waals surface area contributed by atoms with Crippen molar-refractivity contribution in [3.63, 3.8) is 0 Å². The third-order valence-corrected chi connectivity index (χ3v) is 5.91. The molecule has 182 valence electrons. The van der Waals surface area contributed by atoms with Crippen LogP contribution in [0.2, 0.25) is 5.02 Å². The van der Waals surface area contributed by atoms with Crippen LogP contribution in [0.3, 0.4) is 0 Å². The van der Waals surface area contributed by atoms with Crippen molar-refractivity contribution in [3.05, 3.63) is 64.2 Å². The molecule has 1 aliphatic rings. The Morgan fingerprint density at radius 3 is 2.18 bits per heavy atom. The SMILES string of the molecule is OCC1(CO)O[C@@H](c2ccc(Cl)c(Cc3ccc(OCC(F)(F)F)cc3)c2)[C@H](O)[C@@H](O)[C@@H]1O. The second-order valence-electron chi connectivity index (χ2n) is 7.92. The van der Waals surface area contributed by atoms with Crippen molar-refractivity contribution in [2.45, 2.75) is 42.6 Å². The lowest BCUT2D eigenvalue weighted by Crippen LogP contribution is -2.65. The highest BCUT2D eigenvalue weighted by Gasteiger charge is 2.53. The summed E-state index contributed by atoms with van der Waals surface area (Å²) >= 11 is 6.29. The fourth-order valence-electron chi connectivity index (χ4n) is 3.64. The Morgan fingerprint density at radius 2 is 1.61 bits per heavy atom. The second kappa shape index (κ2) is 10.1. The minimum absolute atomic E-state index is 0.0616. The van der Waals surface area contributed by atoms with Crippen LogP contribution >= 0.6 is 11.6 Å². The molecule has 0 unspecified atom stereocenters. The molecular formula is C22H24ClF3O7. The van der Waals surface area contributed by atoms with Crippen LogP contribution in [0.1, 0.15) is 22.8 Å². The van der Waals surface area contributed by atoms with E-state index < -0.39 is 56.0 Å². The van der Waals surface area contributed by atoms with Gasteiger partial charge in [-0.1, -0.05) is 35.9 Å². The normalized spacial score (nSPS) is 25.1. The van der Waals surface area contributed by atoms with Crippen LogP contribution in [0.25, 0.3) is 0 Å². The van der Waals surface area contributed by atoms with Gasteiger partial charge in [-0.2, -0.15) is 13.2 Å². The van der Waals surface area contributed by atoms with Gasteiger partial charge in [-0.15, -0.1) is 0 Å². The Labute approximate surface area is 192 Å². The average Bonchev–Trinajstić information content (AvgIpc) is 2.79. The summed E-state index contributed by atoms with van der Waals surface area (Å²) in [6.45, 7) is -2.99. The smallest absolute Gasteiger partial charge is 0.422 e. The molecule has 4 atom stereocenters. The van der Waals surface area contributed by atoms with Crippen LogP contribution in [-0.4, -0.2) is 75.4 Å². The van der Waals surface area contributed by atoms with E-state index in [1.54, 1.807) is 24.3 Å². The molecule has 11 heteroatoms. The van der Waals surface area contributed by atoms with Gasteiger partial charge in [-0.3, -0.25) is 0 Å². The van der Waals surface area contributed by atoms with Gasteiger partial charge in [0.25, 0.3) is 0 Å². The molecule has 0 spiro atoms. The third kappa shape index (κ3) is 5.78. The highest BCUT2D eigenvalue weighted by Crippen LogP contribution is 2.39. The predicted octanol–water partition coefficient (Wildman–Crippen LogP) is 1.75. The van der Waals surface area contributed by atoms with Gasteiger partial charge in [-0.05, 0) is 41.3 Å². The zero-order valence-electron chi connectivity index (χ0n) is 17.2. The van der Waals surface area contributed by atoms with Crippen LogP contribution in [0.15, 0.2) is 42.5 Å². The highest BCUT2D eigenvalue weighted by molar-refractivity contribution is 6.31. The molecule has 0 bridgehead atoms. The number of aliphatic hydroxyl groups excluding tert-OH is 5. The van der Waals surface area contributed by atoms with Crippen molar-refractivity contribution in [2.75, 3.05) is 19.8 Å². The lowest BCUT2D eigenvalue weighted by Gasteiger charge is -2.47. The van der Waals surface area contributed by atoms with Gasteiger partial charge in [0, 0.05) is 5.02 Å². The Balaban J connectivity index is 1.81. The van der Waals surface area contributed by atoms with Crippen molar-refractivity contribution >= 4 is 11.6 Å². The molecule has 0 aliphatic carbocycles. The molecule has 1 aliphatic heterocycles. The second-order valence-corrected chi connectivity index (χ2v) is 8.33. The maximum Gasteiger partial charge on any atom is 0.422 e. The molecule has 3 rings (SSSR count). The minimum atomic E-state index is -4.44. The van der Waals surface area contributed by atoms with Crippen molar-refractivity contribution in [3.8, 4) is 5.75 Å². The summed E-state index contributed by atoms with van der Waals surface area (Å²) in [7, 11) is 0. The number of ether oxygens (including phenoxy) is 2. The van der Waals surface area contributed by atoms with Gasteiger partial charge in [0.2, 0.25) is 0 Å². The largest absolute Gasteiger partial charge is 0.484 e. The molecule has 5 N–H and O–H groups in total. The molecule has 7 nitrogen and oxygen atoms in total. The summed E-state index contributed by atoms with van der Waals surface area (Å²) in [6.07, 6.45) is -10.3. The number of halogens is 4. The van der Waals surface area contributed by atoms with E-state index in [-0.39, 0.29) is 12.2 Å². The van der Waals surface area contributed by atoms with Crippen LogP contribution in [0.5, 0.6) is 5.75 Å². The zero-order valence-corrected chi connectivity index (χ0v) is 18.0. The minimum Gasteiger partial charge on any atom is -0.484 e. The van der Waals surface area contributed by atoms with Gasteiger partial charge in [0.15, 0.2) is 6.61 Å². The van der Waals surface area contributed by atoms with Gasteiger partial charge in [0.05, 0.1) is 13.2 Å². The first-order valence-corrected chi connectivity index (χ1v) is 10.4. The van der Waals surface area contributed by atoms with Crippen molar-refractivity contribution in [1.82, 2.24) is 0 Å². The molecule has 0 amide bonds. The number of hydrogen-bond donors (Lipinski definition) is 5. The summed E-state index contributed by atoms with van der Waals surface area (Å²) in [6, 6.07) is 10.7. The summed E-state index contributed by atoms with van der Waals surface area (Å²) in [5.41, 5.74) is -0.193. The van der Waals surface area contributed by atoms with Crippen molar-refractivity contribution in [1.29, 1.82) is 0 Å². The summed E-state index contributed by atoms with van der Waals surface area (Å²) in [5.74, 6) is 0.0616. The number of aliphatic hydroxyl groups is 5. The zero-order chi connectivity index (χ0) is 24.4. The number of hydrogen-bond acceptors (Lipinski definition) is 7. The molecule has 1 fully saturated rings. The van der Waals surface area contributed by atoms with E-state index in [9.17, 15) is 38.7 Å². The Bertz CT molecular complexity index is 935. The first-order chi connectivity index (χ1) is 15.5. The molecular weight excluding hydrogens is 469 g/mol. The van der Waals surface area contributed by atoms with Crippen LogP contribution < -0.4 is 4.74 Å². The topological polar surface area (TPSA) is 120 Å². The van der Waals surface area contributed by atoms with E-state index in [1.165, 1.54) is 18.2 Å². The first-order valence-electron chi connectivity index (χ1n) is 10.0. The van der Waals surface area contributed by atoms with E-state index >= 15 is 0 Å². The quantitative estimate of drug-likeness (QED) is 0.399. The number of rotatable bonds is 7. The monoisotopic (exact) mass is 492 g/mol. The maximum absolute atomic E-state index is 12.3. The molecule has 1 heterocycles.